The van der Waals surface area contributed by atoms with Crippen LogP contribution in [0.2, 0.25) is 0 Å². The van der Waals surface area contributed by atoms with Crippen LogP contribution in [0.1, 0.15) is 6.42 Å². The molecular weight excluding hydrogens is 231 g/mol. The smallest absolute Gasteiger partial charge is 0.146 e. The fraction of sp³-hybridized carbons (Fsp3) is 0.571. The minimum absolute atomic E-state index is 0.169. The number of rotatable bonds is 5. The quantitative estimate of drug-likeness (QED) is 0.866. The van der Waals surface area contributed by atoms with E-state index in [1.165, 1.54) is 6.07 Å². The fourth-order valence-corrected chi connectivity index (χ4v) is 2.50. The van der Waals surface area contributed by atoms with Gasteiger partial charge in [0.15, 0.2) is 0 Å². The Morgan fingerprint density at radius 2 is 2.28 bits per heavy atom. The van der Waals surface area contributed by atoms with Crippen molar-refractivity contribution in [2.75, 3.05) is 38.8 Å². The van der Waals surface area contributed by atoms with Gasteiger partial charge in [0, 0.05) is 32.2 Å². The molecule has 0 aliphatic carbocycles. The van der Waals surface area contributed by atoms with Crippen molar-refractivity contribution in [1.82, 2.24) is 5.32 Å². The zero-order valence-corrected chi connectivity index (χ0v) is 11.0. The molecule has 1 heterocycles. The minimum Gasteiger partial charge on any atom is -0.381 e. The summed E-state index contributed by atoms with van der Waals surface area (Å²) in [6.45, 7) is 2.42. The first-order valence-corrected chi connectivity index (χ1v) is 6.43. The molecule has 3 nitrogen and oxygen atoms in total. The Morgan fingerprint density at radius 1 is 1.50 bits per heavy atom. The molecule has 1 aliphatic rings. The molecule has 0 bridgehead atoms. The topological polar surface area (TPSA) is 24.5 Å². The molecule has 1 aromatic rings. The molecule has 100 valence electrons. The SMILES string of the molecule is CNC(CN(C)c1ccccc1F)C1CCOC1. The van der Waals surface area contributed by atoms with Crippen LogP contribution in [-0.4, -0.2) is 39.9 Å². The molecule has 0 spiro atoms. The van der Waals surface area contributed by atoms with E-state index in [2.05, 4.69) is 5.32 Å². The molecular formula is C14H21FN2O. The van der Waals surface area contributed by atoms with E-state index in [-0.39, 0.29) is 5.82 Å². The number of nitrogens with zero attached hydrogens (tertiary/aromatic N) is 1. The number of ether oxygens (including phenoxy) is 1. The van der Waals surface area contributed by atoms with Gasteiger partial charge in [-0.2, -0.15) is 0 Å². The van der Waals surface area contributed by atoms with E-state index >= 15 is 0 Å². The Hall–Kier alpha value is -1.13. The van der Waals surface area contributed by atoms with Crippen LogP contribution >= 0.6 is 0 Å². The van der Waals surface area contributed by atoms with Crippen LogP contribution in [0.5, 0.6) is 0 Å². The van der Waals surface area contributed by atoms with Crippen molar-refractivity contribution in [2.24, 2.45) is 5.92 Å². The van der Waals surface area contributed by atoms with Gasteiger partial charge < -0.3 is 15.0 Å². The number of benzene rings is 1. The zero-order chi connectivity index (χ0) is 13.0. The highest BCUT2D eigenvalue weighted by atomic mass is 19.1. The third-order valence-corrected chi connectivity index (χ3v) is 3.64. The average molecular weight is 252 g/mol. The van der Waals surface area contributed by atoms with Crippen molar-refractivity contribution >= 4 is 5.69 Å². The van der Waals surface area contributed by atoms with Gasteiger partial charge in [0.2, 0.25) is 0 Å². The second kappa shape index (κ2) is 6.16. The lowest BCUT2D eigenvalue weighted by Gasteiger charge is -2.29. The van der Waals surface area contributed by atoms with Gasteiger partial charge in [0.1, 0.15) is 5.82 Å². The normalized spacial score (nSPS) is 20.9. The summed E-state index contributed by atoms with van der Waals surface area (Å²) in [5, 5.41) is 3.32. The summed E-state index contributed by atoms with van der Waals surface area (Å²) in [5.74, 6) is 0.349. The Morgan fingerprint density at radius 3 is 2.89 bits per heavy atom. The highest BCUT2D eigenvalue weighted by Crippen LogP contribution is 2.21. The van der Waals surface area contributed by atoms with Gasteiger partial charge in [-0.15, -0.1) is 0 Å². The van der Waals surface area contributed by atoms with Gasteiger partial charge in [-0.05, 0) is 25.6 Å². The van der Waals surface area contributed by atoms with E-state index in [0.29, 0.717) is 17.6 Å². The summed E-state index contributed by atoms with van der Waals surface area (Å²) in [5.41, 5.74) is 0.650. The van der Waals surface area contributed by atoms with E-state index in [1.54, 1.807) is 6.07 Å². The summed E-state index contributed by atoms with van der Waals surface area (Å²) >= 11 is 0. The van der Waals surface area contributed by atoms with Gasteiger partial charge >= 0.3 is 0 Å². The zero-order valence-electron chi connectivity index (χ0n) is 11.0. The first-order chi connectivity index (χ1) is 8.72. The molecule has 1 aromatic carbocycles. The standard InChI is InChI=1S/C14H21FN2O/c1-16-13(11-7-8-18-10-11)9-17(2)14-6-4-3-5-12(14)15/h3-6,11,13,16H,7-10H2,1-2H3. The number of para-hydroxylation sites is 1. The fourth-order valence-electron chi connectivity index (χ4n) is 2.50. The lowest BCUT2D eigenvalue weighted by Crippen LogP contribution is -2.43. The number of halogens is 1. The molecule has 2 atom stereocenters. The van der Waals surface area contributed by atoms with E-state index in [1.807, 2.05) is 31.1 Å². The van der Waals surface area contributed by atoms with E-state index in [0.717, 1.165) is 26.2 Å². The van der Waals surface area contributed by atoms with Crippen LogP contribution in [-0.2, 0) is 4.74 Å². The van der Waals surface area contributed by atoms with Crippen LogP contribution in [0.4, 0.5) is 10.1 Å². The van der Waals surface area contributed by atoms with Crippen molar-refractivity contribution in [3.8, 4) is 0 Å². The van der Waals surface area contributed by atoms with Gasteiger partial charge in [-0.25, -0.2) is 4.39 Å². The van der Waals surface area contributed by atoms with Gasteiger partial charge in [0.25, 0.3) is 0 Å². The molecule has 0 amide bonds. The first kappa shape index (κ1) is 13.3. The van der Waals surface area contributed by atoms with Gasteiger partial charge in [-0.3, -0.25) is 0 Å². The number of hydrogen-bond acceptors (Lipinski definition) is 3. The van der Waals surface area contributed by atoms with E-state index in [4.69, 9.17) is 4.74 Å². The van der Waals surface area contributed by atoms with E-state index < -0.39 is 0 Å². The molecule has 0 radical (unpaired) electrons. The highest BCUT2D eigenvalue weighted by Gasteiger charge is 2.25. The van der Waals surface area contributed by atoms with Gasteiger partial charge in [-0.1, -0.05) is 12.1 Å². The second-order valence-electron chi connectivity index (χ2n) is 4.85. The van der Waals surface area contributed by atoms with Crippen molar-refractivity contribution in [1.29, 1.82) is 0 Å². The maximum absolute atomic E-state index is 13.7. The number of nitrogens with one attached hydrogen (secondary N) is 1. The Bertz CT molecular complexity index is 380. The summed E-state index contributed by atoms with van der Waals surface area (Å²) < 4.78 is 19.1. The highest BCUT2D eigenvalue weighted by molar-refractivity contribution is 5.46. The van der Waals surface area contributed by atoms with Crippen LogP contribution < -0.4 is 10.2 Å². The van der Waals surface area contributed by atoms with Crippen LogP contribution in [0.3, 0.4) is 0 Å². The molecule has 0 saturated carbocycles. The van der Waals surface area contributed by atoms with Crippen molar-refractivity contribution in [2.45, 2.75) is 12.5 Å². The molecule has 1 fully saturated rings. The van der Waals surface area contributed by atoms with Crippen molar-refractivity contribution in [3.05, 3.63) is 30.1 Å². The van der Waals surface area contributed by atoms with Crippen molar-refractivity contribution < 1.29 is 9.13 Å². The maximum atomic E-state index is 13.7. The molecule has 2 rings (SSSR count). The lowest BCUT2D eigenvalue weighted by molar-refractivity contribution is 0.178. The minimum atomic E-state index is -0.169. The first-order valence-electron chi connectivity index (χ1n) is 6.43. The molecule has 0 aromatic heterocycles. The Balaban J connectivity index is 2.00. The second-order valence-corrected chi connectivity index (χ2v) is 4.85. The summed E-state index contributed by atoms with van der Waals surface area (Å²) in [6.07, 6.45) is 1.08. The van der Waals surface area contributed by atoms with E-state index in [9.17, 15) is 4.39 Å². The van der Waals surface area contributed by atoms with Crippen molar-refractivity contribution in [3.63, 3.8) is 0 Å². The van der Waals surface area contributed by atoms with Crippen LogP contribution in [0, 0.1) is 11.7 Å². The molecule has 1 N–H and O–H groups in total. The molecule has 1 saturated heterocycles. The number of likely N-dealkylation sites (N-methyl/N-ethyl adjacent to an activating group) is 2. The number of anilines is 1. The lowest BCUT2D eigenvalue weighted by atomic mass is 9.98. The Kier molecular flexibility index (Phi) is 4.55. The molecule has 1 aliphatic heterocycles. The molecule has 18 heavy (non-hydrogen) atoms. The summed E-state index contributed by atoms with van der Waals surface area (Å²) in [4.78, 5) is 1.97. The largest absolute Gasteiger partial charge is 0.381 e. The summed E-state index contributed by atoms with van der Waals surface area (Å²) in [6, 6.07) is 7.22. The predicted octanol–water partition coefficient (Wildman–Crippen LogP) is 1.89. The van der Waals surface area contributed by atoms with Crippen LogP contribution in [0.25, 0.3) is 0 Å². The third-order valence-electron chi connectivity index (χ3n) is 3.64. The summed E-state index contributed by atoms with van der Waals surface area (Å²) in [7, 11) is 3.89. The van der Waals surface area contributed by atoms with Gasteiger partial charge in [0.05, 0.1) is 12.3 Å². The average Bonchev–Trinajstić information content (AvgIpc) is 2.90. The molecule has 2 unspecified atom stereocenters. The molecule has 4 heteroatoms. The maximum Gasteiger partial charge on any atom is 0.146 e. The predicted molar refractivity (Wildman–Crippen MR) is 71.4 cm³/mol. The van der Waals surface area contributed by atoms with Crippen LogP contribution in [0.15, 0.2) is 24.3 Å². The number of hydrogen-bond donors (Lipinski definition) is 1. The Labute approximate surface area is 108 Å². The third kappa shape index (κ3) is 3.00. The monoisotopic (exact) mass is 252 g/mol.